The molecule has 1 amide bonds. The Morgan fingerprint density at radius 3 is 2.65 bits per heavy atom. The van der Waals surface area contributed by atoms with E-state index in [4.69, 9.17) is 10.5 Å². The number of nitrogens with zero attached hydrogens (tertiary/aromatic N) is 1. The summed E-state index contributed by atoms with van der Waals surface area (Å²) in [4.78, 5) is 14.9. The molecule has 1 aliphatic carbocycles. The van der Waals surface area contributed by atoms with Gasteiger partial charge < -0.3 is 15.8 Å². The number of nitrogens with one attached hydrogen (secondary N) is 1. The van der Waals surface area contributed by atoms with Crippen LogP contribution in [0.1, 0.15) is 31.2 Å². The molecule has 3 N–H and O–H groups in total. The molecule has 1 heterocycles. The van der Waals surface area contributed by atoms with E-state index in [0.717, 1.165) is 25.9 Å². The van der Waals surface area contributed by atoms with Gasteiger partial charge in [-0.1, -0.05) is 43.2 Å². The highest BCUT2D eigenvalue weighted by molar-refractivity contribution is 5.85. The second-order valence-corrected chi connectivity index (χ2v) is 6.98. The Hall–Kier alpha value is -0.850. The molecule has 1 saturated heterocycles. The van der Waals surface area contributed by atoms with E-state index in [9.17, 15) is 4.79 Å². The van der Waals surface area contributed by atoms with Crippen molar-refractivity contribution in [1.29, 1.82) is 0 Å². The van der Waals surface area contributed by atoms with Crippen molar-refractivity contribution in [2.75, 3.05) is 26.2 Å². The predicted octanol–water partition coefficient (Wildman–Crippen LogP) is 2.36. The largest absolute Gasteiger partial charge is 0.366 e. The van der Waals surface area contributed by atoms with E-state index >= 15 is 0 Å². The van der Waals surface area contributed by atoms with Gasteiger partial charge in [-0.25, -0.2) is 0 Å². The third kappa shape index (κ3) is 6.39. The van der Waals surface area contributed by atoms with Crippen LogP contribution in [0.2, 0.25) is 0 Å². The Labute approximate surface area is 168 Å². The van der Waals surface area contributed by atoms with Crippen molar-refractivity contribution in [3.05, 3.63) is 35.9 Å². The van der Waals surface area contributed by atoms with Gasteiger partial charge in [-0.2, -0.15) is 0 Å². The van der Waals surface area contributed by atoms with Crippen molar-refractivity contribution in [2.24, 2.45) is 11.7 Å². The van der Waals surface area contributed by atoms with E-state index in [0.29, 0.717) is 25.6 Å². The van der Waals surface area contributed by atoms with E-state index in [-0.39, 0.29) is 42.9 Å². The first-order chi connectivity index (χ1) is 11.8. The maximum absolute atomic E-state index is 12.6. The molecule has 2 aliphatic rings. The summed E-state index contributed by atoms with van der Waals surface area (Å²) in [7, 11) is 0. The van der Waals surface area contributed by atoms with Gasteiger partial charge in [0, 0.05) is 25.7 Å². The molecule has 5 nitrogen and oxygen atoms in total. The lowest BCUT2D eigenvalue weighted by Crippen LogP contribution is -2.53. The van der Waals surface area contributed by atoms with Crippen LogP contribution in [0.5, 0.6) is 0 Å². The number of ether oxygens (including phenoxy) is 1. The Kier molecular flexibility index (Phi) is 10.5. The second-order valence-electron chi connectivity index (χ2n) is 6.98. The summed E-state index contributed by atoms with van der Waals surface area (Å²) in [6.45, 7) is 3.64. The van der Waals surface area contributed by atoms with Gasteiger partial charge in [0.25, 0.3) is 5.91 Å². The van der Waals surface area contributed by atoms with Crippen LogP contribution >= 0.6 is 24.8 Å². The molecule has 7 heteroatoms. The molecule has 1 aliphatic heterocycles. The second kappa shape index (κ2) is 11.8. The molecule has 3 rings (SSSR count). The van der Waals surface area contributed by atoms with Gasteiger partial charge in [-0.15, -0.1) is 24.8 Å². The van der Waals surface area contributed by atoms with Crippen molar-refractivity contribution >= 4 is 30.7 Å². The Morgan fingerprint density at radius 1 is 1.19 bits per heavy atom. The first-order valence-electron chi connectivity index (χ1n) is 9.14. The number of morpholine rings is 1. The van der Waals surface area contributed by atoms with Gasteiger partial charge in [0.2, 0.25) is 0 Å². The van der Waals surface area contributed by atoms with E-state index in [1.807, 2.05) is 6.07 Å². The van der Waals surface area contributed by atoms with Crippen LogP contribution in [0.4, 0.5) is 0 Å². The molecule has 3 atom stereocenters. The lowest BCUT2D eigenvalue weighted by Gasteiger charge is -2.35. The Balaban J connectivity index is 0.00000169. The molecule has 0 spiro atoms. The normalized spacial score (nSPS) is 26.3. The first kappa shape index (κ1) is 23.2. The highest BCUT2D eigenvalue weighted by Gasteiger charge is 2.31. The lowest BCUT2D eigenvalue weighted by molar-refractivity contribution is -0.140. The molecule has 0 aromatic heterocycles. The number of halogens is 2. The summed E-state index contributed by atoms with van der Waals surface area (Å²) in [5.74, 6) is 0.435. The maximum Gasteiger partial charge on any atom is 0.250 e. The molecule has 0 bridgehead atoms. The molecule has 2 fully saturated rings. The van der Waals surface area contributed by atoms with Crippen LogP contribution in [0.15, 0.2) is 30.3 Å². The first-order valence-corrected chi connectivity index (χ1v) is 9.14. The Morgan fingerprint density at radius 2 is 1.92 bits per heavy atom. The van der Waals surface area contributed by atoms with Crippen LogP contribution in [0, 0.1) is 5.92 Å². The van der Waals surface area contributed by atoms with E-state index in [1.54, 1.807) is 0 Å². The van der Waals surface area contributed by atoms with E-state index < -0.39 is 0 Å². The van der Waals surface area contributed by atoms with Crippen molar-refractivity contribution < 1.29 is 9.53 Å². The smallest absolute Gasteiger partial charge is 0.250 e. The molecule has 1 aromatic carbocycles. The fourth-order valence-electron chi connectivity index (χ4n) is 3.80. The summed E-state index contributed by atoms with van der Waals surface area (Å²) in [6, 6.07) is 10.6. The summed E-state index contributed by atoms with van der Waals surface area (Å²) in [5, 5.41) is 3.20. The van der Waals surface area contributed by atoms with Crippen molar-refractivity contribution in [1.82, 2.24) is 10.2 Å². The van der Waals surface area contributed by atoms with Crippen molar-refractivity contribution in [2.45, 2.75) is 44.4 Å². The van der Waals surface area contributed by atoms with Gasteiger partial charge in [0.15, 0.2) is 0 Å². The van der Waals surface area contributed by atoms with Crippen molar-refractivity contribution in [3.63, 3.8) is 0 Å². The Bertz CT molecular complexity index is 533. The predicted molar refractivity (Wildman–Crippen MR) is 109 cm³/mol. The quantitative estimate of drug-likeness (QED) is 0.791. The van der Waals surface area contributed by atoms with Crippen molar-refractivity contribution in [3.8, 4) is 0 Å². The number of rotatable bonds is 5. The van der Waals surface area contributed by atoms with Gasteiger partial charge in [0.05, 0.1) is 6.61 Å². The molecular weight excluding hydrogens is 373 g/mol. The number of amides is 1. The van der Waals surface area contributed by atoms with Gasteiger partial charge in [0.1, 0.15) is 6.10 Å². The number of hydrogen-bond acceptors (Lipinski definition) is 4. The number of hydrogen-bond donors (Lipinski definition) is 2. The number of benzene rings is 1. The van der Waals surface area contributed by atoms with Gasteiger partial charge in [-0.3, -0.25) is 9.69 Å². The molecule has 3 unspecified atom stereocenters. The molecule has 148 valence electrons. The van der Waals surface area contributed by atoms with Crippen LogP contribution in [0.25, 0.3) is 0 Å². The maximum atomic E-state index is 12.6. The number of carbonyl (C=O) groups excluding carboxylic acids is 1. The monoisotopic (exact) mass is 403 g/mol. The molecular formula is C19H31Cl2N3O2. The zero-order chi connectivity index (χ0) is 16.8. The zero-order valence-electron chi connectivity index (χ0n) is 15.1. The van der Waals surface area contributed by atoms with Crippen LogP contribution in [0.3, 0.4) is 0 Å². The van der Waals surface area contributed by atoms with Crippen LogP contribution < -0.4 is 11.1 Å². The highest BCUT2D eigenvalue weighted by atomic mass is 35.5. The lowest BCUT2D eigenvalue weighted by atomic mass is 9.84. The fraction of sp³-hybridized carbons (Fsp3) is 0.632. The SMILES string of the molecule is Cl.Cl.NCC1CCCCC1NC(=O)C1CN(Cc2ccccc2)CCO1. The minimum atomic E-state index is -0.372. The minimum Gasteiger partial charge on any atom is -0.366 e. The van der Waals surface area contributed by atoms with Crippen LogP contribution in [-0.4, -0.2) is 49.2 Å². The standard InChI is InChI=1S/C19H29N3O2.2ClH/c20-12-16-8-4-5-9-17(16)21-19(23)18-14-22(10-11-24-18)13-15-6-2-1-3-7-15;;/h1-3,6-7,16-18H,4-5,8-14,20H2,(H,21,23);2*1H. The van der Waals surface area contributed by atoms with Gasteiger partial charge >= 0.3 is 0 Å². The average Bonchev–Trinajstić information content (AvgIpc) is 2.63. The zero-order valence-corrected chi connectivity index (χ0v) is 16.8. The summed E-state index contributed by atoms with van der Waals surface area (Å²) in [6.07, 6.45) is 4.18. The summed E-state index contributed by atoms with van der Waals surface area (Å²) < 4.78 is 5.73. The summed E-state index contributed by atoms with van der Waals surface area (Å²) in [5.41, 5.74) is 7.14. The molecule has 0 radical (unpaired) electrons. The average molecular weight is 404 g/mol. The van der Waals surface area contributed by atoms with E-state index in [1.165, 1.54) is 18.4 Å². The highest BCUT2D eigenvalue weighted by Crippen LogP contribution is 2.24. The van der Waals surface area contributed by atoms with E-state index in [2.05, 4.69) is 34.5 Å². The molecule has 1 saturated carbocycles. The molecule has 1 aromatic rings. The third-order valence-corrected chi connectivity index (χ3v) is 5.23. The van der Waals surface area contributed by atoms with Crippen LogP contribution in [-0.2, 0) is 16.1 Å². The fourth-order valence-corrected chi connectivity index (χ4v) is 3.80. The topological polar surface area (TPSA) is 67.6 Å². The number of nitrogens with two attached hydrogens (primary N) is 1. The minimum absolute atomic E-state index is 0. The van der Waals surface area contributed by atoms with Gasteiger partial charge in [-0.05, 0) is 30.9 Å². The number of carbonyl (C=O) groups is 1. The third-order valence-electron chi connectivity index (χ3n) is 5.23. The summed E-state index contributed by atoms with van der Waals surface area (Å²) >= 11 is 0. The molecule has 26 heavy (non-hydrogen) atoms.